The highest BCUT2D eigenvalue weighted by atomic mass is 15.0. The Morgan fingerprint density at radius 2 is 1.56 bits per heavy atom. The number of unbranched alkanes of at least 4 members (excludes halogenated alkanes) is 2. The zero-order valence-electron chi connectivity index (χ0n) is 14.7. The number of anilines is 1. The third kappa shape index (κ3) is 2.89. The molecule has 0 saturated carbocycles. The second-order valence-electron chi connectivity index (χ2n) is 6.75. The smallest absolute Gasteiger partial charge is 0.0541 e. The number of benzene rings is 3. The average molecular weight is 328 g/mol. The van der Waals surface area contributed by atoms with Gasteiger partial charge in [-0.1, -0.05) is 44.0 Å². The maximum Gasteiger partial charge on any atom is 0.0541 e. The molecule has 1 heterocycles. The molecule has 1 aromatic heterocycles. The van der Waals surface area contributed by atoms with Crippen LogP contribution < -0.4 is 5.73 Å². The summed E-state index contributed by atoms with van der Waals surface area (Å²) < 4.78 is 2.33. The molecule has 4 aromatic rings. The third-order valence-corrected chi connectivity index (χ3v) is 4.96. The molecule has 0 saturated heterocycles. The number of hydrogen-bond donors (Lipinski definition) is 1. The number of nitrogens with two attached hydrogens (primary N) is 1. The Hall–Kier alpha value is -2.74. The largest absolute Gasteiger partial charge is 0.399 e. The van der Waals surface area contributed by atoms with Gasteiger partial charge in [-0.3, -0.25) is 0 Å². The molecule has 0 spiro atoms. The molecular weight excluding hydrogens is 304 g/mol. The summed E-state index contributed by atoms with van der Waals surface area (Å²) in [6.45, 7) is 2.25. The van der Waals surface area contributed by atoms with Gasteiger partial charge in [0.05, 0.1) is 11.0 Å². The first-order valence-corrected chi connectivity index (χ1v) is 9.16. The maximum atomic E-state index is 5.87. The number of aromatic nitrogens is 1. The molecule has 2 N–H and O–H groups in total. The molecule has 3 aromatic carbocycles. The molecule has 0 unspecified atom stereocenters. The Morgan fingerprint density at radius 1 is 0.800 bits per heavy atom. The molecule has 126 valence electrons. The molecule has 0 aliphatic rings. The molecular formula is C23H24N2. The van der Waals surface area contributed by atoms with Crippen LogP contribution in [-0.2, 0) is 6.42 Å². The highest BCUT2D eigenvalue weighted by Crippen LogP contribution is 2.33. The van der Waals surface area contributed by atoms with E-state index in [4.69, 9.17) is 5.73 Å². The number of aryl methyl sites for hydroxylation is 1. The molecule has 4 rings (SSSR count). The van der Waals surface area contributed by atoms with Crippen LogP contribution in [0.5, 0.6) is 0 Å². The minimum atomic E-state index is 0.794. The number of fused-ring (bicyclic) bond motifs is 3. The maximum absolute atomic E-state index is 5.87. The van der Waals surface area contributed by atoms with Crippen molar-refractivity contribution in [2.24, 2.45) is 0 Å². The van der Waals surface area contributed by atoms with E-state index >= 15 is 0 Å². The molecule has 2 heteroatoms. The molecule has 0 atom stereocenters. The Labute approximate surface area is 148 Å². The van der Waals surface area contributed by atoms with Crippen LogP contribution in [0.2, 0.25) is 0 Å². The molecule has 0 amide bonds. The lowest BCUT2D eigenvalue weighted by Crippen LogP contribution is -1.94. The van der Waals surface area contributed by atoms with Crippen LogP contribution in [0.1, 0.15) is 31.7 Å². The van der Waals surface area contributed by atoms with Gasteiger partial charge in [0.1, 0.15) is 0 Å². The molecule has 0 aliphatic heterocycles. The predicted molar refractivity (Wildman–Crippen MR) is 108 cm³/mol. The third-order valence-electron chi connectivity index (χ3n) is 4.96. The van der Waals surface area contributed by atoms with Crippen LogP contribution in [0.25, 0.3) is 27.5 Å². The van der Waals surface area contributed by atoms with Crippen LogP contribution in [0.15, 0.2) is 66.7 Å². The van der Waals surface area contributed by atoms with Crippen molar-refractivity contribution in [1.29, 1.82) is 0 Å². The standard InChI is InChI=1S/C23H24N2/c1-2-3-4-7-17-10-15-23-21(16-17)20-8-5-6-9-22(20)25(23)19-13-11-18(24)12-14-19/h5-6,8-16H,2-4,7,24H2,1H3. The Balaban J connectivity index is 1.90. The summed E-state index contributed by atoms with van der Waals surface area (Å²) in [6.07, 6.45) is 4.98. The summed E-state index contributed by atoms with van der Waals surface area (Å²) >= 11 is 0. The van der Waals surface area contributed by atoms with E-state index in [1.54, 1.807) is 0 Å². The minimum absolute atomic E-state index is 0.794. The van der Waals surface area contributed by atoms with Crippen molar-refractivity contribution >= 4 is 27.5 Å². The predicted octanol–water partition coefficient (Wildman–Crippen LogP) is 6.10. The summed E-state index contributed by atoms with van der Waals surface area (Å²) in [5.74, 6) is 0. The molecule has 25 heavy (non-hydrogen) atoms. The number of hydrogen-bond acceptors (Lipinski definition) is 1. The number of nitrogens with zero attached hydrogens (tertiary/aromatic N) is 1. The zero-order chi connectivity index (χ0) is 17.2. The van der Waals surface area contributed by atoms with E-state index in [-0.39, 0.29) is 0 Å². The average Bonchev–Trinajstić information content (AvgIpc) is 2.97. The van der Waals surface area contributed by atoms with E-state index in [0.29, 0.717) is 0 Å². The lowest BCUT2D eigenvalue weighted by atomic mass is 10.0. The number of nitrogen functional groups attached to an aromatic ring is 1. The summed E-state index contributed by atoms with van der Waals surface area (Å²) in [5, 5.41) is 2.65. The van der Waals surface area contributed by atoms with E-state index < -0.39 is 0 Å². The van der Waals surface area contributed by atoms with Crippen molar-refractivity contribution in [3.05, 3.63) is 72.3 Å². The van der Waals surface area contributed by atoms with Gasteiger partial charge in [-0.25, -0.2) is 0 Å². The van der Waals surface area contributed by atoms with Crippen molar-refractivity contribution in [2.75, 3.05) is 5.73 Å². The van der Waals surface area contributed by atoms with Crippen molar-refractivity contribution in [1.82, 2.24) is 4.57 Å². The molecule has 2 nitrogen and oxygen atoms in total. The van der Waals surface area contributed by atoms with Gasteiger partial charge in [0.15, 0.2) is 0 Å². The first kappa shape index (κ1) is 15.8. The van der Waals surface area contributed by atoms with Crippen molar-refractivity contribution in [3.8, 4) is 5.69 Å². The van der Waals surface area contributed by atoms with Crippen LogP contribution in [0, 0.1) is 0 Å². The first-order valence-electron chi connectivity index (χ1n) is 9.16. The second-order valence-corrected chi connectivity index (χ2v) is 6.75. The van der Waals surface area contributed by atoms with Crippen molar-refractivity contribution < 1.29 is 0 Å². The van der Waals surface area contributed by atoms with Crippen LogP contribution in [0.3, 0.4) is 0 Å². The second kappa shape index (κ2) is 6.64. The summed E-state index contributed by atoms with van der Waals surface area (Å²) in [6, 6.07) is 23.7. The van der Waals surface area contributed by atoms with Gasteiger partial charge in [-0.15, -0.1) is 0 Å². The SMILES string of the molecule is CCCCCc1ccc2c(c1)c1ccccc1n2-c1ccc(N)cc1. The van der Waals surface area contributed by atoms with Gasteiger partial charge in [-0.05, 0) is 60.9 Å². The van der Waals surface area contributed by atoms with Gasteiger partial charge in [0, 0.05) is 22.1 Å². The highest BCUT2D eigenvalue weighted by molar-refractivity contribution is 6.09. The van der Waals surface area contributed by atoms with Crippen LogP contribution >= 0.6 is 0 Å². The molecule has 0 fully saturated rings. The van der Waals surface area contributed by atoms with Gasteiger partial charge in [-0.2, -0.15) is 0 Å². The van der Waals surface area contributed by atoms with Gasteiger partial charge < -0.3 is 10.3 Å². The Kier molecular flexibility index (Phi) is 4.19. The number of rotatable bonds is 5. The van der Waals surface area contributed by atoms with Crippen molar-refractivity contribution in [3.63, 3.8) is 0 Å². The molecule has 0 bridgehead atoms. The zero-order valence-corrected chi connectivity index (χ0v) is 14.7. The van der Waals surface area contributed by atoms with E-state index in [9.17, 15) is 0 Å². The Bertz CT molecular complexity index is 1010. The summed E-state index contributed by atoms with van der Waals surface area (Å²) in [5.41, 5.74) is 11.8. The fraction of sp³-hybridized carbons (Fsp3) is 0.217. The summed E-state index contributed by atoms with van der Waals surface area (Å²) in [4.78, 5) is 0. The highest BCUT2D eigenvalue weighted by Gasteiger charge is 2.12. The van der Waals surface area contributed by atoms with Crippen molar-refractivity contribution in [2.45, 2.75) is 32.6 Å². The van der Waals surface area contributed by atoms with Crippen LogP contribution in [0.4, 0.5) is 5.69 Å². The first-order chi connectivity index (χ1) is 12.3. The quantitative estimate of drug-likeness (QED) is 0.348. The molecule has 0 radical (unpaired) electrons. The lowest BCUT2D eigenvalue weighted by Gasteiger charge is -2.08. The van der Waals surface area contributed by atoms with Gasteiger partial charge in [0.25, 0.3) is 0 Å². The Morgan fingerprint density at radius 3 is 2.36 bits per heavy atom. The van der Waals surface area contributed by atoms with Gasteiger partial charge >= 0.3 is 0 Å². The minimum Gasteiger partial charge on any atom is -0.399 e. The fourth-order valence-corrected chi connectivity index (χ4v) is 3.66. The summed E-state index contributed by atoms with van der Waals surface area (Å²) in [7, 11) is 0. The monoisotopic (exact) mass is 328 g/mol. The fourth-order valence-electron chi connectivity index (χ4n) is 3.66. The number of para-hydroxylation sites is 1. The lowest BCUT2D eigenvalue weighted by molar-refractivity contribution is 0.718. The topological polar surface area (TPSA) is 30.9 Å². The molecule has 0 aliphatic carbocycles. The van der Waals surface area contributed by atoms with Gasteiger partial charge in [0.2, 0.25) is 0 Å². The van der Waals surface area contributed by atoms with E-state index in [1.807, 2.05) is 12.1 Å². The van der Waals surface area contributed by atoms with Crippen LogP contribution in [-0.4, -0.2) is 4.57 Å². The van der Waals surface area contributed by atoms with E-state index in [1.165, 1.54) is 46.6 Å². The van der Waals surface area contributed by atoms with E-state index in [0.717, 1.165) is 17.8 Å². The normalized spacial score (nSPS) is 11.4. The van der Waals surface area contributed by atoms with E-state index in [2.05, 4.69) is 66.1 Å².